The summed E-state index contributed by atoms with van der Waals surface area (Å²) >= 11 is 3.20. The zero-order chi connectivity index (χ0) is 14.7. The van der Waals surface area contributed by atoms with Gasteiger partial charge in [-0.05, 0) is 12.1 Å². The molecule has 0 aliphatic carbocycles. The van der Waals surface area contributed by atoms with Crippen molar-refractivity contribution in [3.05, 3.63) is 38.3 Å². The van der Waals surface area contributed by atoms with Crippen molar-refractivity contribution in [2.75, 3.05) is 19.7 Å². The van der Waals surface area contributed by atoms with Crippen LogP contribution in [0.5, 0.6) is 0 Å². The smallest absolute Gasteiger partial charge is 0.334 e. The van der Waals surface area contributed by atoms with E-state index < -0.39 is 17.0 Å². The van der Waals surface area contributed by atoms with Gasteiger partial charge in [-0.3, -0.25) is 15.0 Å². The topological polar surface area (TPSA) is 92.9 Å². The highest BCUT2D eigenvalue weighted by Gasteiger charge is 2.27. The molecule has 1 fully saturated rings. The molecule has 2 rings (SSSR count). The number of nitrogens with zero attached hydrogens (tertiary/aromatic N) is 2. The first-order valence-corrected chi connectivity index (χ1v) is 6.76. The van der Waals surface area contributed by atoms with Gasteiger partial charge < -0.3 is 9.84 Å². The minimum atomic E-state index is -1.01. The molecule has 1 aliphatic heterocycles. The summed E-state index contributed by atoms with van der Waals surface area (Å²) < 4.78 is 5.76. The van der Waals surface area contributed by atoms with Crippen LogP contribution in [-0.2, 0) is 16.1 Å². The first-order chi connectivity index (χ1) is 9.47. The summed E-state index contributed by atoms with van der Waals surface area (Å²) in [7, 11) is 0. The van der Waals surface area contributed by atoms with E-state index in [2.05, 4.69) is 15.9 Å². The molecule has 0 amide bonds. The Bertz CT molecular complexity index is 537. The van der Waals surface area contributed by atoms with Crippen LogP contribution < -0.4 is 0 Å². The van der Waals surface area contributed by atoms with Crippen molar-refractivity contribution in [3.63, 3.8) is 0 Å². The Balaban J connectivity index is 2.13. The summed E-state index contributed by atoms with van der Waals surface area (Å²) in [5, 5.41) is 20.0. The van der Waals surface area contributed by atoms with Gasteiger partial charge in [0.25, 0.3) is 5.69 Å². The fraction of sp³-hybridized carbons (Fsp3) is 0.417. The Labute approximate surface area is 123 Å². The highest BCUT2D eigenvalue weighted by atomic mass is 79.9. The van der Waals surface area contributed by atoms with E-state index in [1.807, 2.05) is 4.90 Å². The average molecular weight is 345 g/mol. The van der Waals surface area contributed by atoms with E-state index in [4.69, 9.17) is 9.84 Å². The maximum Gasteiger partial charge on any atom is 0.334 e. The van der Waals surface area contributed by atoms with Gasteiger partial charge in [-0.25, -0.2) is 4.79 Å². The number of aliphatic carboxylic acids is 1. The van der Waals surface area contributed by atoms with Gasteiger partial charge in [0.2, 0.25) is 0 Å². The van der Waals surface area contributed by atoms with Gasteiger partial charge in [0.15, 0.2) is 6.10 Å². The molecule has 0 spiro atoms. The van der Waals surface area contributed by atoms with Gasteiger partial charge in [0.1, 0.15) is 0 Å². The Morgan fingerprint density at radius 1 is 1.60 bits per heavy atom. The van der Waals surface area contributed by atoms with E-state index >= 15 is 0 Å². The van der Waals surface area contributed by atoms with Crippen LogP contribution in [-0.4, -0.2) is 46.7 Å². The predicted molar refractivity (Wildman–Crippen MR) is 73.4 cm³/mol. The van der Waals surface area contributed by atoms with E-state index in [9.17, 15) is 14.9 Å². The molecule has 1 atom stereocenters. The Morgan fingerprint density at radius 2 is 2.35 bits per heavy atom. The van der Waals surface area contributed by atoms with Crippen LogP contribution in [0, 0.1) is 10.1 Å². The summed E-state index contributed by atoms with van der Waals surface area (Å²) in [4.78, 5) is 23.4. The summed E-state index contributed by atoms with van der Waals surface area (Å²) in [6.45, 7) is 1.41. The van der Waals surface area contributed by atoms with Crippen LogP contribution >= 0.6 is 15.9 Å². The number of carbonyl (C=O) groups is 1. The van der Waals surface area contributed by atoms with Crippen molar-refractivity contribution >= 4 is 27.6 Å². The second-order valence-corrected chi connectivity index (χ2v) is 5.38. The number of hydrogen-bond acceptors (Lipinski definition) is 5. The number of morpholine rings is 1. The van der Waals surface area contributed by atoms with Crippen molar-refractivity contribution < 1.29 is 19.6 Å². The Kier molecular flexibility index (Phi) is 4.69. The molecule has 0 bridgehead atoms. The highest BCUT2D eigenvalue weighted by molar-refractivity contribution is 9.10. The van der Waals surface area contributed by atoms with E-state index in [0.29, 0.717) is 29.7 Å². The molecule has 0 radical (unpaired) electrons. The van der Waals surface area contributed by atoms with Crippen LogP contribution in [0.1, 0.15) is 5.56 Å². The van der Waals surface area contributed by atoms with Crippen LogP contribution in [0.25, 0.3) is 0 Å². The first-order valence-electron chi connectivity index (χ1n) is 5.97. The molecule has 1 aliphatic rings. The molecule has 8 heteroatoms. The molecular formula is C12H13BrN2O5. The van der Waals surface area contributed by atoms with Crippen molar-refractivity contribution in [2.45, 2.75) is 12.6 Å². The molecule has 20 heavy (non-hydrogen) atoms. The van der Waals surface area contributed by atoms with E-state index in [1.165, 1.54) is 6.07 Å². The van der Waals surface area contributed by atoms with Crippen LogP contribution in [0.2, 0.25) is 0 Å². The fourth-order valence-corrected chi connectivity index (χ4v) is 2.43. The lowest BCUT2D eigenvalue weighted by atomic mass is 10.1. The number of carboxylic acids is 1. The molecular weight excluding hydrogens is 332 g/mol. The van der Waals surface area contributed by atoms with Crippen LogP contribution in [0.4, 0.5) is 5.69 Å². The lowest BCUT2D eigenvalue weighted by molar-refractivity contribution is -0.385. The summed E-state index contributed by atoms with van der Waals surface area (Å²) in [5.74, 6) is -1.01. The molecule has 108 valence electrons. The minimum Gasteiger partial charge on any atom is -0.479 e. The Morgan fingerprint density at radius 3 is 3.00 bits per heavy atom. The molecule has 0 saturated carbocycles. The summed E-state index contributed by atoms with van der Waals surface area (Å²) in [5.41, 5.74) is 0.585. The molecule has 1 N–H and O–H groups in total. The van der Waals surface area contributed by atoms with Gasteiger partial charge in [-0.2, -0.15) is 0 Å². The number of rotatable bonds is 4. The van der Waals surface area contributed by atoms with E-state index in [0.717, 1.165) is 0 Å². The van der Waals surface area contributed by atoms with Gasteiger partial charge in [0.05, 0.1) is 11.5 Å². The number of carboxylic acid groups (broad SMARTS) is 1. The molecule has 1 saturated heterocycles. The number of nitro benzene ring substituents is 1. The van der Waals surface area contributed by atoms with Crippen LogP contribution in [0.3, 0.4) is 0 Å². The predicted octanol–water partition coefficient (Wildman–Crippen LogP) is 1.64. The average Bonchev–Trinajstić information content (AvgIpc) is 2.41. The quantitative estimate of drug-likeness (QED) is 0.659. The molecule has 1 heterocycles. The second kappa shape index (κ2) is 6.29. The number of nitro groups is 1. The van der Waals surface area contributed by atoms with Gasteiger partial charge >= 0.3 is 5.97 Å². The first kappa shape index (κ1) is 14.9. The molecule has 1 aromatic rings. The normalized spacial score (nSPS) is 19.8. The number of benzene rings is 1. The summed E-state index contributed by atoms with van der Waals surface area (Å²) in [6, 6.07) is 4.86. The second-order valence-electron chi connectivity index (χ2n) is 4.46. The third kappa shape index (κ3) is 3.53. The lowest BCUT2D eigenvalue weighted by Gasteiger charge is -2.30. The zero-order valence-corrected chi connectivity index (χ0v) is 12.1. The molecule has 1 aromatic carbocycles. The molecule has 7 nitrogen and oxygen atoms in total. The van der Waals surface area contributed by atoms with Crippen molar-refractivity contribution in [2.24, 2.45) is 0 Å². The maximum absolute atomic E-state index is 11.0. The highest BCUT2D eigenvalue weighted by Crippen LogP contribution is 2.25. The van der Waals surface area contributed by atoms with E-state index in [1.54, 1.807) is 12.1 Å². The SMILES string of the molecule is O=C(O)C1CN(Cc2ccc(Br)cc2[N+](=O)[O-])CCO1. The maximum atomic E-state index is 11.0. The van der Waals surface area contributed by atoms with Crippen molar-refractivity contribution in [1.82, 2.24) is 4.90 Å². The largest absolute Gasteiger partial charge is 0.479 e. The monoisotopic (exact) mass is 344 g/mol. The third-order valence-electron chi connectivity index (χ3n) is 3.06. The molecule has 0 aromatic heterocycles. The zero-order valence-electron chi connectivity index (χ0n) is 10.5. The van der Waals surface area contributed by atoms with Gasteiger partial charge in [-0.15, -0.1) is 0 Å². The van der Waals surface area contributed by atoms with Gasteiger partial charge in [-0.1, -0.05) is 15.9 Å². The number of halogens is 1. The standard InChI is InChI=1S/C12H13BrN2O5/c13-9-2-1-8(10(5-9)15(18)19)6-14-3-4-20-11(7-14)12(16)17/h1-2,5,11H,3-4,6-7H2,(H,16,17). The van der Waals surface area contributed by atoms with E-state index in [-0.39, 0.29) is 12.2 Å². The third-order valence-corrected chi connectivity index (χ3v) is 3.56. The molecule has 1 unspecified atom stereocenters. The Hall–Kier alpha value is -1.51. The number of hydrogen-bond donors (Lipinski definition) is 1. The van der Waals surface area contributed by atoms with Gasteiger partial charge in [0, 0.05) is 35.7 Å². The van der Waals surface area contributed by atoms with Crippen molar-refractivity contribution in [1.29, 1.82) is 0 Å². The van der Waals surface area contributed by atoms with Crippen LogP contribution in [0.15, 0.2) is 22.7 Å². The summed E-state index contributed by atoms with van der Waals surface area (Å²) in [6.07, 6.45) is -0.877. The number of ether oxygens (including phenoxy) is 1. The lowest BCUT2D eigenvalue weighted by Crippen LogP contribution is -2.45. The fourth-order valence-electron chi connectivity index (χ4n) is 2.08. The van der Waals surface area contributed by atoms with Crippen molar-refractivity contribution in [3.8, 4) is 0 Å². The minimum absolute atomic E-state index is 0.0257.